The molecular formula is C17H24N2O3. The lowest BCUT2D eigenvalue weighted by Crippen LogP contribution is -2.39. The van der Waals surface area contributed by atoms with E-state index in [1.165, 1.54) is 0 Å². The highest BCUT2D eigenvalue weighted by molar-refractivity contribution is 5.97. The zero-order chi connectivity index (χ0) is 16.2. The highest BCUT2D eigenvalue weighted by atomic mass is 16.3. The van der Waals surface area contributed by atoms with Crippen molar-refractivity contribution in [1.29, 1.82) is 0 Å². The maximum Gasteiger partial charge on any atom is 0.251 e. The van der Waals surface area contributed by atoms with Gasteiger partial charge in [0.05, 0.1) is 6.61 Å². The zero-order valence-electron chi connectivity index (χ0n) is 13.2. The van der Waals surface area contributed by atoms with Gasteiger partial charge in [-0.3, -0.25) is 9.59 Å². The molecule has 2 rings (SSSR count). The highest BCUT2D eigenvalue weighted by Gasteiger charge is 2.26. The number of benzene rings is 1. The van der Waals surface area contributed by atoms with Gasteiger partial charge in [-0.15, -0.1) is 0 Å². The number of nitrogens with one attached hydrogen (secondary N) is 2. The van der Waals surface area contributed by atoms with Crippen molar-refractivity contribution >= 4 is 17.5 Å². The van der Waals surface area contributed by atoms with Gasteiger partial charge < -0.3 is 15.7 Å². The van der Waals surface area contributed by atoms with Crippen LogP contribution in [0.5, 0.6) is 0 Å². The molecule has 0 bridgehead atoms. The summed E-state index contributed by atoms with van der Waals surface area (Å²) in [5.41, 5.74) is 2.12. The molecule has 5 heteroatoms. The minimum absolute atomic E-state index is 0.0170. The summed E-state index contributed by atoms with van der Waals surface area (Å²) in [5, 5.41) is 15.3. The Morgan fingerprint density at radius 3 is 2.68 bits per heavy atom. The number of carbonyl (C=O) groups is 2. The maximum absolute atomic E-state index is 12.3. The van der Waals surface area contributed by atoms with Gasteiger partial charge in [-0.25, -0.2) is 0 Å². The predicted molar refractivity (Wildman–Crippen MR) is 85.8 cm³/mol. The maximum atomic E-state index is 12.3. The Balaban J connectivity index is 2.06. The number of fused-ring (bicyclic) bond motifs is 1. The third-order valence-electron chi connectivity index (χ3n) is 4.72. The molecule has 1 aliphatic heterocycles. The van der Waals surface area contributed by atoms with Crippen LogP contribution in [0, 0.1) is 5.41 Å². The van der Waals surface area contributed by atoms with Gasteiger partial charge in [0.1, 0.15) is 0 Å². The first-order valence-electron chi connectivity index (χ1n) is 7.85. The summed E-state index contributed by atoms with van der Waals surface area (Å²) in [6.45, 7) is 4.57. The van der Waals surface area contributed by atoms with E-state index in [2.05, 4.69) is 10.6 Å². The molecule has 0 radical (unpaired) electrons. The quantitative estimate of drug-likeness (QED) is 0.753. The van der Waals surface area contributed by atoms with Gasteiger partial charge in [0, 0.05) is 29.6 Å². The third-order valence-corrected chi connectivity index (χ3v) is 4.72. The molecule has 1 aromatic carbocycles. The van der Waals surface area contributed by atoms with E-state index >= 15 is 0 Å². The predicted octanol–water partition coefficient (Wildman–Crippen LogP) is 2.10. The molecule has 3 N–H and O–H groups in total. The molecule has 1 aliphatic rings. The number of hydrogen-bond acceptors (Lipinski definition) is 3. The first-order chi connectivity index (χ1) is 10.5. The normalized spacial score (nSPS) is 14.2. The largest absolute Gasteiger partial charge is 0.396 e. The summed E-state index contributed by atoms with van der Waals surface area (Å²) in [7, 11) is 0. The van der Waals surface area contributed by atoms with E-state index in [1.807, 2.05) is 19.9 Å². The average molecular weight is 304 g/mol. The summed E-state index contributed by atoms with van der Waals surface area (Å²) in [6, 6.07) is 5.33. The van der Waals surface area contributed by atoms with E-state index in [-0.39, 0.29) is 23.8 Å². The summed E-state index contributed by atoms with van der Waals surface area (Å²) >= 11 is 0. The molecule has 1 heterocycles. The second-order valence-electron chi connectivity index (χ2n) is 5.97. The van der Waals surface area contributed by atoms with Gasteiger partial charge in [0.2, 0.25) is 5.91 Å². The van der Waals surface area contributed by atoms with Crippen LogP contribution >= 0.6 is 0 Å². The zero-order valence-corrected chi connectivity index (χ0v) is 13.2. The van der Waals surface area contributed by atoms with Gasteiger partial charge in [-0.2, -0.15) is 0 Å². The van der Waals surface area contributed by atoms with Gasteiger partial charge in [-0.1, -0.05) is 13.8 Å². The fourth-order valence-corrected chi connectivity index (χ4v) is 2.67. The number of hydrogen-bond donors (Lipinski definition) is 3. The number of aliphatic hydroxyl groups excluding tert-OH is 1. The lowest BCUT2D eigenvalue weighted by Gasteiger charge is -2.29. The van der Waals surface area contributed by atoms with Crippen LogP contribution in [-0.4, -0.2) is 30.1 Å². The Kier molecular flexibility index (Phi) is 5.19. The molecule has 5 nitrogen and oxygen atoms in total. The number of anilines is 1. The minimum Gasteiger partial charge on any atom is -0.396 e. The summed E-state index contributed by atoms with van der Waals surface area (Å²) < 4.78 is 0. The van der Waals surface area contributed by atoms with Crippen molar-refractivity contribution in [2.75, 3.05) is 18.5 Å². The van der Waals surface area contributed by atoms with Crippen molar-refractivity contribution < 1.29 is 14.7 Å². The molecule has 0 saturated carbocycles. The van der Waals surface area contributed by atoms with Crippen LogP contribution in [0.2, 0.25) is 0 Å². The standard InChI is InChI=1S/C17H24N2O3/c1-3-17(4-2,11-20)10-18-16(22)13-5-7-14-12(9-13)6-8-15(21)19-14/h5,7,9,20H,3-4,6,8,10-11H2,1-2H3,(H,18,22)(H,19,21). The number of amides is 2. The molecule has 0 aliphatic carbocycles. The first kappa shape index (κ1) is 16.5. The highest BCUT2D eigenvalue weighted by Crippen LogP contribution is 2.26. The molecule has 0 spiro atoms. The van der Waals surface area contributed by atoms with Crippen LogP contribution in [-0.2, 0) is 11.2 Å². The number of aryl methyl sites for hydroxylation is 1. The van der Waals surface area contributed by atoms with Crippen LogP contribution in [0.4, 0.5) is 5.69 Å². The summed E-state index contributed by atoms with van der Waals surface area (Å²) in [6.07, 6.45) is 2.75. The Hall–Kier alpha value is -1.88. The van der Waals surface area contributed by atoms with Gasteiger partial charge >= 0.3 is 0 Å². The van der Waals surface area contributed by atoms with Gasteiger partial charge in [0.15, 0.2) is 0 Å². The SMILES string of the molecule is CCC(CC)(CO)CNC(=O)c1ccc2c(c1)CCC(=O)N2. The molecule has 1 aromatic rings. The van der Waals surface area contributed by atoms with Crippen molar-refractivity contribution in [1.82, 2.24) is 5.32 Å². The van der Waals surface area contributed by atoms with E-state index < -0.39 is 0 Å². The van der Waals surface area contributed by atoms with Crippen LogP contribution in [0.3, 0.4) is 0 Å². The molecule has 0 atom stereocenters. The Labute approximate surface area is 131 Å². The van der Waals surface area contributed by atoms with Crippen molar-refractivity contribution in [2.45, 2.75) is 39.5 Å². The monoisotopic (exact) mass is 304 g/mol. The van der Waals surface area contributed by atoms with Crippen molar-refractivity contribution in [3.05, 3.63) is 29.3 Å². The molecular weight excluding hydrogens is 280 g/mol. The lowest BCUT2D eigenvalue weighted by atomic mass is 9.83. The minimum atomic E-state index is -0.252. The van der Waals surface area contributed by atoms with E-state index in [9.17, 15) is 14.7 Å². The topological polar surface area (TPSA) is 78.4 Å². The average Bonchev–Trinajstić information content (AvgIpc) is 2.56. The van der Waals surface area contributed by atoms with E-state index in [0.717, 1.165) is 24.1 Å². The molecule has 2 amide bonds. The van der Waals surface area contributed by atoms with Crippen molar-refractivity contribution in [3.8, 4) is 0 Å². The molecule has 0 unspecified atom stereocenters. The molecule has 120 valence electrons. The molecule has 0 fully saturated rings. The van der Waals surface area contributed by atoms with E-state index in [4.69, 9.17) is 0 Å². The van der Waals surface area contributed by atoms with Crippen molar-refractivity contribution in [3.63, 3.8) is 0 Å². The molecule has 22 heavy (non-hydrogen) atoms. The smallest absolute Gasteiger partial charge is 0.251 e. The number of aliphatic hydroxyl groups is 1. The van der Waals surface area contributed by atoms with Gasteiger partial charge in [0.25, 0.3) is 5.91 Å². The summed E-state index contributed by atoms with van der Waals surface area (Å²) in [5.74, 6) is -0.122. The van der Waals surface area contributed by atoms with Gasteiger partial charge in [-0.05, 0) is 43.0 Å². The molecule has 0 aromatic heterocycles. The second-order valence-corrected chi connectivity index (χ2v) is 5.97. The summed E-state index contributed by atoms with van der Waals surface area (Å²) in [4.78, 5) is 23.7. The first-order valence-corrected chi connectivity index (χ1v) is 7.85. The third kappa shape index (κ3) is 3.47. The number of rotatable bonds is 6. The Bertz CT molecular complexity index is 557. The Morgan fingerprint density at radius 1 is 1.32 bits per heavy atom. The van der Waals surface area contributed by atoms with Crippen LogP contribution in [0.25, 0.3) is 0 Å². The molecule has 0 saturated heterocycles. The van der Waals surface area contributed by atoms with E-state index in [1.54, 1.807) is 12.1 Å². The van der Waals surface area contributed by atoms with Crippen molar-refractivity contribution in [2.24, 2.45) is 5.41 Å². The Morgan fingerprint density at radius 2 is 2.05 bits per heavy atom. The van der Waals surface area contributed by atoms with Crippen LogP contribution in [0.1, 0.15) is 49.0 Å². The van der Waals surface area contributed by atoms with Crippen LogP contribution in [0.15, 0.2) is 18.2 Å². The lowest BCUT2D eigenvalue weighted by molar-refractivity contribution is -0.116. The van der Waals surface area contributed by atoms with Crippen LogP contribution < -0.4 is 10.6 Å². The van der Waals surface area contributed by atoms with E-state index in [0.29, 0.717) is 24.9 Å². The fourth-order valence-electron chi connectivity index (χ4n) is 2.67. The number of carbonyl (C=O) groups excluding carboxylic acids is 2. The second kappa shape index (κ2) is 6.92. The fraction of sp³-hybridized carbons (Fsp3) is 0.529.